The average molecular weight is 648 g/mol. The molecule has 0 heterocycles. The molecule has 0 aliphatic carbocycles. The van der Waals surface area contributed by atoms with Crippen LogP contribution in [0.15, 0.2) is 77.3 Å². The van der Waals surface area contributed by atoms with Crippen LogP contribution in [0.1, 0.15) is 53.7 Å². The van der Waals surface area contributed by atoms with Crippen molar-refractivity contribution in [2.24, 2.45) is 5.41 Å². The zero-order valence-electron chi connectivity index (χ0n) is 22.4. The Bertz CT molecular complexity index is 1480. The van der Waals surface area contributed by atoms with Crippen molar-refractivity contribution in [1.82, 2.24) is 5.32 Å². The zero-order chi connectivity index (χ0) is 29.5. The quantitative estimate of drug-likeness (QED) is 0.211. The van der Waals surface area contributed by atoms with Crippen LogP contribution in [0.25, 0.3) is 6.08 Å². The third kappa shape index (κ3) is 10.2. The van der Waals surface area contributed by atoms with Crippen LogP contribution in [0.3, 0.4) is 0 Å². The van der Waals surface area contributed by atoms with E-state index in [2.05, 4.69) is 59.5 Å². The molecule has 0 bridgehead atoms. The molecule has 0 radical (unpaired) electrons. The van der Waals surface area contributed by atoms with E-state index in [9.17, 15) is 18.0 Å². The molecule has 0 aliphatic heterocycles. The molecule has 0 fully saturated rings. The molecule has 10 heteroatoms. The van der Waals surface area contributed by atoms with E-state index in [1.54, 1.807) is 42.5 Å². The van der Waals surface area contributed by atoms with Gasteiger partial charge >= 0.3 is 0 Å². The van der Waals surface area contributed by atoms with Crippen molar-refractivity contribution in [3.05, 3.63) is 105 Å². The molecule has 1 unspecified atom stereocenters. The summed E-state index contributed by atoms with van der Waals surface area (Å²) in [4.78, 5) is 25.9. The fourth-order valence-corrected chi connectivity index (χ4v) is 4.67. The van der Waals surface area contributed by atoms with Crippen LogP contribution in [-0.4, -0.2) is 37.1 Å². The summed E-state index contributed by atoms with van der Waals surface area (Å²) in [5.41, 5.74) is 3.54. The van der Waals surface area contributed by atoms with Crippen LogP contribution in [0.5, 0.6) is 0 Å². The van der Waals surface area contributed by atoms with Crippen molar-refractivity contribution in [1.29, 1.82) is 0 Å². The van der Waals surface area contributed by atoms with Gasteiger partial charge in [-0.15, -0.1) is 0 Å². The molecule has 3 N–H and O–H groups in total. The second-order valence-electron chi connectivity index (χ2n) is 10.5. The second kappa shape index (κ2) is 13.6. The minimum absolute atomic E-state index is 0.0456. The second-order valence-corrected chi connectivity index (χ2v) is 13.4. The average Bonchev–Trinajstić information content (AvgIpc) is 2.87. The maximum Gasteiger partial charge on any atom is 0.266 e. The van der Waals surface area contributed by atoms with Crippen LogP contribution >= 0.6 is 27.5 Å². The van der Waals surface area contributed by atoms with E-state index in [0.29, 0.717) is 22.7 Å². The lowest BCUT2D eigenvalue weighted by atomic mass is 9.89. The van der Waals surface area contributed by atoms with Crippen LogP contribution in [-0.2, 0) is 21.3 Å². The molecule has 2 amide bonds. The summed E-state index contributed by atoms with van der Waals surface area (Å²) in [5.74, 6) is -1.82. The van der Waals surface area contributed by atoms with E-state index in [-0.39, 0.29) is 17.9 Å². The number of carbonyl (C=O) groups excluding carboxylic acids is 2. The Morgan fingerprint density at radius 3 is 2.27 bits per heavy atom. The highest BCUT2D eigenvalue weighted by atomic mass is 79.9. The van der Waals surface area contributed by atoms with Crippen LogP contribution in [0.4, 0.5) is 5.69 Å². The van der Waals surface area contributed by atoms with Gasteiger partial charge in [-0.25, -0.2) is 0 Å². The third-order valence-electron chi connectivity index (χ3n) is 5.92. The van der Waals surface area contributed by atoms with Gasteiger partial charge in [0.15, 0.2) is 0 Å². The van der Waals surface area contributed by atoms with Gasteiger partial charge in [-0.1, -0.05) is 96.9 Å². The van der Waals surface area contributed by atoms with Gasteiger partial charge in [-0.05, 0) is 58.9 Å². The Kier molecular flexibility index (Phi) is 10.7. The van der Waals surface area contributed by atoms with E-state index < -0.39 is 27.7 Å². The van der Waals surface area contributed by atoms with Crippen LogP contribution in [0.2, 0.25) is 5.02 Å². The Balaban J connectivity index is 1.83. The van der Waals surface area contributed by atoms with E-state index in [1.165, 1.54) is 0 Å². The number of carbonyl (C=O) groups is 2. The van der Waals surface area contributed by atoms with Gasteiger partial charge in [0, 0.05) is 16.6 Å². The van der Waals surface area contributed by atoms with Crippen molar-refractivity contribution in [3.63, 3.8) is 0 Å². The summed E-state index contributed by atoms with van der Waals surface area (Å²) in [7, 11) is -4.16. The monoisotopic (exact) mass is 646 g/mol. The van der Waals surface area contributed by atoms with Gasteiger partial charge in [-0.2, -0.15) is 8.42 Å². The Labute approximate surface area is 248 Å². The fourth-order valence-electron chi connectivity index (χ4n) is 3.78. The summed E-state index contributed by atoms with van der Waals surface area (Å²) in [6.45, 7) is 6.17. The lowest BCUT2D eigenvalue weighted by Crippen LogP contribution is -2.28. The van der Waals surface area contributed by atoms with Crippen LogP contribution < -0.4 is 10.6 Å². The molecule has 0 saturated carbocycles. The molecule has 3 aromatic carbocycles. The summed E-state index contributed by atoms with van der Waals surface area (Å²) in [6, 6.07) is 19.8. The van der Waals surface area contributed by atoms with Crippen molar-refractivity contribution in [3.8, 4) is 0 Å². The highest BCUT2D eigenvalue weighted by molar-refractivity contribution is 9.10. The van der Waals surface area contributed by atoms with E-state index in [4.69, 9.17) is 16.2 Å². The van der Waals surface area contributed by atoms with Gasteiger partial charge in [0.2, 0.25) is 5.91 Å². The largest absolute Gasteiger partial charge is 0.351 e. The summed E-state index contributed by atoms with van der Waals surface area (Å²) < 4.78 is 31.3. The molecule has 3 rings (SSSR count). The summed E-state index contributed by atoms with van der Waals surface area (Å²) >= 11 is 9.73. The third-order valence-corrected chi connectivity index (χ3v) is 7.46. The first-order chi connectivity index (χ1) is 18.7. The number of allylic oxidation sites excluding steroid dienone is 1. The minimum atomic E-state index is -4.16. The lowest BCUT2D eigenvalue weighted by molar-refractivity contribution is -0.117. The molecule has 1 atom stereocenters. The van der Waals surface area contributed by atoms with E-state index in [0.717, 1.165) is 21.2 Å². The maximum absolute atomic E-state index is 13.6. The Morgan fingerprint density at radius 1 is 1.02 bits per heavy atom. The molecular weight excluding hydrogens is 616 g/mol. The minimum Gasteiger partial charge on any atom is -0.351 e. The number of rotatable bonds is 10. The Morgan fingerprint density at radius 2 is 1.68 bits per heavy atom. The molecule has 0 spiro atoms. The number of anilines is 1. The molecule has 0 saturated heterocycles. The van der Waals surface area contributed by atoms with Gasteiger partial charge in [0.05, 0.1) is 22.4 Å². The molecule has 0 aliphatic rings. The number of amides is 2. The highest BCUT2D eigenvalue weighted by Gasteiger charge is 2.23. The van der Waals surface area contributed by atoms with Gasteiger partial charge in [0.25, 0.3) is 16.0 Å². The van der Waals surface area contributed by atoms with Crippen molar-refractivity contribution < 1.29 is 22.6 Å². The number of hydrogen-bond donors (Lipinski definition) is 3. The molecular formula is C30H32BrClN2O5S. The van der Waals surface area contributed by atoms with Gasteiger partial charge in [0.1, 0.15) is 0 Å². The summed E-state index contributed by atoms with van der Waals surface area (Å²) in [6.07, 6.45) is 4.54. The lowest BCUT2D eigenvalue weighted by Gasteiger charge is -2.19. The van der Waals surface area contributed by atoms with E-state index in [1.807, 2.05) is 24.3 Å². The normalized spacial score (nSPS) is 12.8. The number of benzene rings is 3. The SMILES string of the molecule is CC(C)(C)C=Cc1ccc(C(Cc2ccc(C(=O)NCCS(=O)(=O)O)cc2)C(=O)Nc2cc(Br)ccc2Cl)cc1. The van der Waals surface area contributed by atoms with Crippen molar-refractivity contribution in [2.45, 2.75) is 33.1 Å². The molecule has 212 valence electrons. The van der Waals surface area contributed by atoms with Gasteiger partial charge in [-0.3, -0.25) is 14.1 Å². The molecule has 0 aromatic heterocycles. The molecule has 40 heavy (non-hydrogen) atoms. The van der Waals surface area contributed by atoms with Crippen molar-refractivity contribution >= 4 is 61.2 Å². The van der Waals surface area contributed by atoms with Gasteiger partial charge < -0.3 is 10.6 Å². The first-order valence-electron chi connectivity index (χ1n) is 12.6. The smallest absolute Gasteiger partial charge is 0.266 e. The van der Waals surface area contributed by atoms with E-state index >= 15 is 0 Å². The number of halogens is 2. The first-order valence-corrected chi connectivity index (χ1v) is 15.4. The van der Waals surface area contributed by atoms with Crippen molar-refractivity contribution in [2.75, 3.05) is 17.6 Å². The fraction of sp³-hybridized carbons (Fsp3) is 0.267. The first kappa shape index (κ1) is 31.5. The number of hydrogen-bond acceptors (Lipinski definition) is 4. The predicted molar refractivity (Wildman–Crippen MR) is 164 cm³/mol. The molecule has 7 nitrogen and oxygen atoms in total. The predicted octanol–water partition coefficient (Wildman–Crippen LogP) is 6.74. The summed E-state index contributed by atoms with van der Waals surface area (Å²) in [5, 5.41) is 5.82. The highest BCUT2D eigenvalue weighted by Crippen LogP contribution is 2.29. The zero-order valence-corrected chi connectivity index (χ0v) is 25.6. The molecule has 3 aromatic rings. The topological polar surface area (TPSA) is 113 Å². The van der Waals surface area contributed by atoms with Crippen LogP contribution in [0, 0.1) is 5.41 Å². The Hall–Kier alpha value is -2.98. The number of nitrogens with one attached hydrogen (secondary N) is 2. The standard InChI is InChI=1S/C30H32BrClN2O5S/c1-30(2,3)15-14-20-4-8-22(9-5-20)25(29(36)34-27-19-24(31)12-13-26(27)32)18-21-6-10-23(11-7-21)28(35)33-16-17-40(37,38)39/h4-15,19,25H,16-18H2,1-3H3,(H,33,35)(H,34,36)(H,37,38,39). The maximum atomic E-state index is 13.6.